The van der Waals surface area contributed by atoms with Crippen LogP contribution in [0.15, 0.2) is 42.6 Å². The number of rotatable bonds is 7. The van der Waals surface area contributed by atoms with E-state index >= 15 is 0 Å². The monoisotopic (exact) mass is 568 g/mol. The van der Waals surface area contributed by atoms with Gasteiger partial charge in [-0.05, 0) is 75.9 Å². The number of esters is 1. The molecule has 0 unspecified atom stereocenters. The van der Waals surface area contributed by atoms with Gasteiger partial charge in [0, 0.05) is 18.1 Å². The van der Waals surface area contributed by atoms with Crippen molar-refractivity contribution in [2.75, 3.05) is 34.0 Å². The van der Waals surface area contributed by atoms with Gasteiger partial charge in [-0.2, -0.15) is 0 Å². The fourth-order valence-electron chi connectivity index (χ4n) is 5.31. The summed E-state index contributed by atoms with van der Waals surface area (Å²) in [5.41, 5.74) is 2.13. The molecule has 41 heavy (non-hydrogen) atoms. The number of aromatic nitrogens is 1. The molecule has 1 saturated heterocycles. The van der Waals surface area contributed by atoms with Gasteiger partial charge in [-0.3, -0.25) is 9.36 Å². The number of ether oxygens (including phenoxy) is 4. The Morgan fingerprint density at radius 3 is 2.39 bits per heavy atom. The Labute approximate surface area is 239 Å². The highest BCUT2D eigenvalue weighted by Gasteiger charge is 2.36. The minimum absolute atomic E-state index is 0.0167. The Bertz CT molecular complexity index is 1420. The van der Waals surface area contributed by atoms with Crippen LogP contribution in [0.4, 0.5) is 9.18 Å². The molecule has 1 aliphatic heterocycles. The minimum Gasteiger partial charge on any atom is -0.496 e. The molecule has 3 aromatic rings. The third-order valence-corrected chi connectivity index (χ3v) is 7.11. The second-order valence-electron chi connectivity index (χ2n) is 11.0. The van der Waals surface area contributed by atoms with E-state index in [9.17, 15) is 18.8 Å². The van der Waals surface area contributed by atoms with Gasteiger partial charge in [0.1, 0.15) is 18.0 Å². The van der Waals surface area contributed by atoms with Crippen LogP contribution in [0.5, 0.6) is 5.75 Å². The average molecular weight is 569 g/mol. The highest BCUT2D eigenvalue weighted by Crippen LogP contribution is 2.38. The van der Waals surface area contributed by atoms with E-state index in [1.165, 1.54) is 18.8 Å². The Balaban J connectivity index is 1.77. The van der Waals surface area contributed by atoms with E-state index in [2.05, 4.69) is 0 Å². The number of piperidine rings is 1. The van der Waals surface area contributed by atoms with Crippen LogP contribution < -0.4 is 4.74 Å². The van der Waals surface area contributed by atoms with E-state index in [4.69, 9.17) is 18.9 Å². The Hall–Kier alpha value is -3.92. The van der Waals surface area contributed by atoms with Crippen molar-refractivity contribution >= 4 is 28.9 Å². The summed E-state index contributed by atoms with van der Waals surface area (Å²) in [6.45, 7) is 6.96. The summed E-state index contributed by atoms with van der Waals surface area (Å²) in [6, 6.07) is 9.93. The first kappa shape index (κ1) is 30.0. The fraction of sp³-hybridized carbons (Fsp3) is 0.452. The molecule has 1 fully saturated rings. The smallest absolute Gasteiger partial charge is 0.419 e. The molecule has 1 amide bonds. The Morgan fingerprint density at radius 2 is 1.78 bits per heavy atom. The number of carbonyl (C=O) groups is 3. The quantitative estimate of drug-likeness (QED) is 0.330. The molecule has 10 heteroatoms. The van der Waals surface area contributed by atoms with Gasteiger partial charge in [-0.15, -0.1) is 0 Å². The van der Waals surface area contributed by atoms with Crippen molar-refractivity contribution < 1.29 is 37.7 Å². The van der Waals surface area contributed by atoms with Crippen molar-refractivity contribution in [2.45, 2.75) is 58.3 Å². The first-order valence-electron chi connectivity index (χ1n) is 13.6. The third-order valence-electron chi connectivity index (χ3n) is 7.11. The summed E-state index contributed by atoms with van der Waals surface area (Å²) < 4.78 is 36.1. The molecular weight excluding hydrogens is 531 g/mol. The zero-order chi connectivity index (χ0) is 29.9. The van der Waals surface area contributed by atoms with E-state index in [-0.39, 0.29) is 18.6 Å². The highest BCUT2D eigenvalue weighted by atomic mass is 19.1. The van der Waals surface area contributed by atoms with Gasteiger partial charge in [0.25, 0.3) is 5.91 Å². The lowest BCUT2D eigenvalue weighted by atomic mass is 9.91. The number of carbonyl (C=O) groups excluding carboxylic acids is 3. The lowest BCUT2D eigenvalue weighted by Gasteiger charge is -2.40. The van der Waals surface area contributed by atoms with Gasteiger partial charge < -0.3 is 23.8 Å². The van der Waals surface area contributed by atoms with Crippen LogP contribution >= 0.6 is 0 Å². The molecule has 1 aliphatic rings. The SMILES string of the molecule is COC(=O)c1ccc([C@@H]2C[C@@H](OCCF)CCN2C(=O)c2c(OC)cc(C)c3c2ccn3C(=O)OC(C)(C)C)cc1. The lowest BCUT2D eigenvalue weighted by Crippen LogP contribution is -2.43. The topological polar surface area (TPSA) is 96.3 Å². The third kappa shape index (κ3) is 6.37. The van der Waals surface area contributed by atoms with Crippen molar-refractivity contribution in [3.05, 3.63) is 64.8 Å². The molecule has 9 nitrogen and oxygen atoms in total. The van der Waals surface area contributed by atoms with Crippen LogP contribution in [-0.2, 0) is 14.2 Å². The van der Waals surface area contributed by atoms with Crippen molar-refractivity contribution in [1.82, 2.24) is 9.47 Å². The van der Waals surface area contributed by atoms with Crippen LogP contribution in [0, 0.1) is 6.92 Å². The molecule has 2 atom stereocenters. The van der Waals surface area contributed by atoms with E-state index in [0.717, 1.165) is 11.1 Å². The molecular formula is C31H37FN2O7. The normalized spacial score (nSPS) is 17.4. The highest BCUT2D eigenvalue weighted by molar-refractivity contribution is 6.11. The number of nitrogens with zero attached hydrogens (tertiary/aromatic N) is 2. The largest absolute Gasteiger partial charge is 0.496 e. The molecule has 0 bridgehead atoms. The lowest BCUT2D eigenvalue weighted by molar-refractivity contribution is -0.0155. The first-order valence-corrected chi connectivity index (χ1v) is 13.6. The standard InChI is InChI=1S/C31H37FN2O7/c1-19-17-25(38-5)26(23-12-15-34(27(19)23)30(37)41-31(2,3)4)28(35)33-14-11-22(40-16-13-32)18-24(33)20-7-9-21(10-8-20)29(36)39-6/h7-10,12,15,17,22,24H,11,13-14,16,18H2,1-6H3/t22-,24-/m0/s1. The zero-order valence-electron chi connectivity index (χ0n) is 24.4. The summed E-state index contributed by atoms with van der Waals surface area (Å²) in [6.07, 6.45) is 1.78. The molecule has 220 valence electrons. The second kappa shape index (κ2) is 12.3. The van der Waals surface area contributed by atoms with E-state index in [1.54, 1.807) is 68.3 Å². The molecule has 0 N–H and O–H groups in total. The van der Waals surface area contributed by atoms with Crippen molar-refractivity contribution in [1.29, 1.82) is 0 Å². The van der Waals surface area contributed by atoms with Gasteiger partial charge in [-0.25, -0.2) is 14.0 Å². The van der Waals surface area contributed by atoms with Crippen LogP contribution in [0.25, 0.3) is 10.9 Å². The van der Waals surface area contributed by atoms with Gasteiger partial charge in [0.05, 0.1) is 49.6 Å². The number of aryl methyl sites for hydroxylation is 1. The molecule has 2 heterocycles. The zero-order valence-corrected chi connectivity index (χ0v) is 24.4. The summed E-state index contributed by atoms with van der Waals surface area (Å²) >= 11 is 0. The molecule has 0 aliphatic carbocycles. The number of fused-ring (bicyclic) bond motifs is 1. The predicted octanol–water partition coefficient (Wildman–Crippen LogP) is 5.86. The van der Waals surface area contributed by atoms with Crippen LogP contribution in [0.2, 0.25) is 0 Å². The van der Waals surface area contributed by atoms with Gasteiger partial charge >= 0.3 is 12.1 Å². The van der Waals surface area contributed by atoms with Crippen LogP contribution in [0.3, 0.4) is 0 Å². The van der Waals surface area contributed by atoms with Gasteiger partial charge in [-0.1, -0.05) is 12.1 Å². The first-order chi connectivity index (χ1) is 19.5. The van der Waals surface area contributed by atoms with E-state index in [1.807, 2.05) is 6.92 Å². The van der Waals surface area contributed by atoms with Crippen LogP contribution in [0.1, 0.15) is 71.5 Å². The Morgan fingerprint density at radius 1 is 1.07 bits per heavy atom. The number of benzene rings is 2. The van der Waals surface area contributed by atoms with Crippen LogP contribution in [-0.4, -0.2) is 73.2 Å². The van der Waals surface area contributed by atoms with Crippen molar-refractivity contribution in [3.63, 3.8) is 0 Å². The van der Waals surface area contributed by atoms with Gasteiger partial charge in [0.2, 0.25) is 0 Å². The fourth-order valence-corrected chi connectivity index (χ4v) is 5.31. The molecule has 0 radical (unpaired) electrons. The summed E-state index contributed by atoms with van der Waals surface area (Å²) in [7, 11) is 2.82. The molecule has 4 rings (SSSR count). The number of amides is 1. The summed E-state index contributed by atoms with van der Waals surface area (Å²) in [5, 5.41) is 0.563. The minimum atomic E-state index is -0.697. The number of hydrogen-bond acceptors (Lipinski definition) is 7. The summed E-state index contributed by atoms with van der Waals surface area (Å²) in [5.74, 6) is -0.351. The van der Waals surface area contributed by atoms with E-state index < -0.39 is 30.4 Å². The molecule has 2 aromatic carbocycles. The van der Waals surface area contributed by atoms with Crippen molar-refractivity contribution in [2.24, 2.45) is 0 Å². The average Bonchev–Trinajstić information content (AvgIpc) is 3.40. The maximum Gasteiger partial charge on any atom is 0.419 e. The predicted molar refractivity (Wildman–Crippen MR) is 151 cm³/mol. The Kier molecular flexibility index (Phi) is 9.01. The molecule has 0 saturated carbocycles. The number of alkyl halides is 1. The number of methoxy groups -OCH3 is 2. The maximum absolute atomic E-state index is 14.4. The number of likely N-dealkylation sites (tertiary alicyclic amines) is 1. The molecule has 1 aromatic heterocycles. The number of halogens is 1. The van der Waals surface area contributed by atoms with Gasteiger partial charge in [0.15, 0.2) is 0 Å². The maximum atomic E-state index is 14.4. The second-order valence-corrected chi connectivity index (χ2v) is 11.0. The molecule has 0 spiro atoms. The summed E-state index contributed by atoms with van der Waals surface area (Å²) in [4.78, 5) is 41.1. The van der Waals surface area contributed by atoms with Crippen molar-refractivity contribution in [3.8, 4) is 5.75 Å². The number of hydrogen-bond donors (Lipinski definition) is 0. The van der Waals surface area contributed by atoms with E-state index in [0.29, 0.717) is 47.2 Å².